The Morgan fingerprint density at radius 2 is 2.07 bits per heavy atom. The zero-order valence-corrected chi connectivity index (χ0v) is 8.32. The van der Waals surface area contributed by atoms with Crippen molar-refractivity contribution in [2.75, 3.05) is 0 Å². The van der Waals surface area contributed by atoms with Gasteiger partial charge in [-0.2, -0.15) is 0 Å². The highest BCUT2D eigenvalue weighted by Gasteiger charge is 2.37. The van der Waals surface area contributed by atoms with Crippen LogP contribution < -0.4 is 0 Å². The van der Waals surface area contributed by atoms with Crippen LogP contribution in [0, 0.1) is 11.3 Å². The second-order valence-electron chi connectivity index (χ2n) is 4.35. The van der Waals surface area contributed by atoms with Gasteiger partial charge in [0.2, 0.25) is 0 Å². The molecule has 0 aromatic carbocycles. The van der Waals surface area contributed by atoms with Gasteiger partial charge in [-0.15, -0.1) is 0 Å². The lowest BCUT2D eigenvalue weighted by Gasteiger charge is -2.22. The van der Waals surface area contributed by atoms with Crippen molar-refractivity contribution in [2.45, 2.75) is 26.2 Å². The third-order valence-electron chi connectivity index (χ3n) is 3.32. The number of rotatable bonds is 1. The zero-order valence-electron chi connectivity index (χ0n) is 8.32. The minimum atomic E-state index is 0.00421. The minimum absolute atomic E-state index is 0.00421. The lowest BCUT2D eigenvalue weighted by molar-refractivity contribution is -0.120. The van der Waals surface area contributed by atoms with Gasteiger partial charge in [0.15, 0.2) is 5.78 Å². The van der Waals surface area contributed by atoms with Crippen molar-refractivity contribution in [3.8, 4) is 0 Å². The first-order chi connectivity index (χ1) is 6.61. The summed E-state index contributed by atoms with van der Waals surface area (Å²) in [5, 5.41) is 0. The van der Waals surface area contributed by atoms with Gasteiger partial charge in [-0.3, -0.25) is 9.59 Å². The van der Waals surface area contributed by atoms with Gasteiger partial charge in [0.1, 0.15) is 5.78 Å². The van der Waals surface area contributed by atoms with Crippen LogP contribution >= 0.6 is 0 Å². The Morgan fingerprint density at radius 1 is 1.43 bits per heavy atom. The second kappa shape index (κ2) is 3.19. The van der Waals surface area contributed by atoms with Gasteiger partial charge in [0.25, 0.3) is 0 Å². The van der Waals surface area contributed by atoms with E-state index in [1.165, 1.54) is 0 Å². The van der Waals surface area contributed by atoms with E-state index < -0.39 is 0 Å². The summed E-state index contributed by atoms with van der Waals surface area (Å²) in [6, 6.07) is 0. The summed E-state index contributed by atoms with van der Waals surface area (Å²) in [5.74, 6) is 0.528. The summed E-state index contributed by atoms with van der Waals surface area (Å²) in [5.41, 5.74) is 0.00421. The molecule has 0 unspecified atom stereocenters. The van der Waals surface area contributed by atoms with Crippen LogP contribution in [0.5, 0.6) is 0 Å². The first kappa shape index (κ1) is 9.38. The summed E-state index contributed by atoms with van der Waals surface area (Å²) in [6.07, 6.45) is 10.0. The normalized spacial score (nSPS) is 28.6. The highest BCUT2D eigenvalue weighted by Crippen LogP contribution is 2.45. The number of carbonyl (C=O) groups is 2. The molecule has 1 atom stereocenters. The Morgan fingerprint density at radius 3 is 2.57 bits per heavy atom. The third kappa shape index (κ3) is 1.57. The molecule has 1 spiro atoms. The highest BCUT2D eigenvalue weighted by atomic mass is 16.1. The van der Waals surface area contributed by atoms with Crippen molar-refractivity contribution in [2.24, 2.45) is 11.3 Å². The van der Waals surface area contributed by atoms with Crippen LogP contribution in [0.2, 0.25) is 0 Å². The summed E-state index contributed by atoms with van der Waals surface area (Å²) in [4.78, 5) is 22.2. The molecule has 74 valence electrons. The molecular formula is C12H14O2. The topological polar surface area (TPSA) is 34.1 Å². The van der Waals surface area contributed by atoms with E-state index in [1.807, 2.05) is 12.2 Å². The molecule has 1 saturated carbocycles. The first-order valence-electron chi connectivity index (χ1n) is 5.04. The Balaban J connectivity index is 2.14. The van der Waals surface area contributed by atoms with Gasteiger partial charge in [-0.05, 0) is 38.3 Å². The van der Waals surface area contributed by atoms with Crippen LogP contribution in [0.15, 0.2) is 24.3 Å². The summed E-state index contributed by atoms with van der Waals surface area (Å²) >= 11 is 0. The number of hydrogen-bond acceptors (Lipinski definition) is 2. The molecule has 0 saturated heterocycles. The van der Waals surface area contributed by atoms with Crippen LogP contribution in [-0.4, -0.2) is 11.6 Å². The number of hydrogen-bond donors (Lipinski definition) is 0. The fourth-order valence-electron chi connectivity index (χ4n) is 2.36. The van der Waals surface area contributed by atoms with Gasteiger partial charge < -0.3 is 0 Å². The van der Waals surface area contributed by atoms with E-state index in [1.54, 1.807) is 19.1 Å². The third-order valence-corrected chi connectivity index (χ3v) is 3.32. The summed E-state index contributed by atoms with van der Waals surface area (Å²) in [6.45, 7) is 1.66. The molecule has 0 aromatic heterocycles. The lowest BCUT2D eigenvalue weighted by Crippen LogP contribution is -2.16. The maximum atomic E-state index is 11.2. The molecule has 0 N–H and O–H groups in total. The molecule has 2 heteroatoms. The second-order valence-corrected chi connectivity index (χ2v) is 4.35. The molecule has 2 rings (SSSR count). The fraction of sp³-hybridized carbons (Fsp3) is 0.500. The van der Waals surface area contributed by atoms with Crippen LogP contribution in [-0.2, 0) is 9.59 Å². The van der Waals surface area contributed by atoms with Gasteiger partial charge in [-0.25, -0.2) is 0 Å². The highest BCUT2D eigenvalue weighted by molar-refractivity contribution is 6.00. The molecule has 0 radical (unpaired) electrons. The van der Waals surface area contributed by atoms with Crippen molar-refractivity contribution in [1.29, 1.82) is 0 Å². The smallest absolute Gasteiger partial charge is 0.178 e. The van der Waals surface area contributed by atoms with Crippen LogP contribution in [0.25, 0.3) is 0 Å². The SMILES string of the molecule is CC(=O)[C@H]1CCC2(C=CC(=O)C=C2)C1. The van der Waals surface area contributed by atoms with E-state index in [4.69, 9.17) is 0 Å². The van der Waals surface area contributed by atoms with E-state index in [0.29, 0.717) is 0 Å². The number of allylic oxidation sites excluding steroid dienone is 4. The van der Waals surface area contributed by atoms with Crippen molar-refractivity contribution < 1.29 is 9.59 Å². The Hall–Kier alpha value is -1.18. The molecule has 0 heterocycles. The largest absolute Gasteiger partial charge is 0.300 e. The Labute approximate surface area is 83.7 Å². The molecule has 14 heavy (non-hydrogen) atoms. The molecule has 0 amide bonds. The van der Waals surface area contributed by atoms with Crippen LogP contribution in [0.4, 0.5) is 0 Å². The van der Waals surface area contributed by atoms with Crippen LogP contribution in [0.1, 0.15) is 26.2 Å². The Bertz CT molecular complexity index is 320. The molecule has 2 aliphatic carbocycles. The average Bonchev–Trinajstić information content (AvgIpc) is 2.56. The van der Waals surface area contributed by atoms with Crippen molar-refractivity contribution in [3.05, 3.63) is 24.3 Å². The lowest BCUT2D eigenvalue weighted by atomic mass is 9.81. The maximum absolute atomic E-state index is 11.2. The molecule has 2 nitrogen and oxygen atoms in total. The van der Waals surface area contributed by atoms with Gasteiger partial charge in [-0.1, -0.05) is 12.2 Å². The number of ketones is 2. The first-order valence-corrected chi connectivity index (χ1v) is 5.04. The number of Topliss-reactive ketones (excluding diaryl/α,β-unsaturated/α-hetero) is 1. The zero-order chi connectivity index (χ0) is 10.2. The summed E-state index contributed by atoms with van der Waals surface area (Å²) < 4.78 is 0. The Kier molecular flexibility index (Phi) is 2.14. The predicted octanol–water partition coefficient (Wildman–Crippen LogP) is 2.06. The summed E-state index contributed by atoms with van der Waals surface area (Å²) in [7, 11) is 0. The molecular weight excluding hydrogens is 176 g/mol. The molecule has 0 bridgehead atoms. The average molecular weight is 190 g/mol. The van der Waals surface area contributed by atoms with Crippen molar-refractivity contribution in [3.63, 3.8) is 0 Å². The van der Waals surface area contributed by atoms with Gasteiger partial charge >= 0.3 is 0 Å². The van der Waals surface area contributed by atoms with Gasteiger partial charge in [0.05, 0.1) is 0 Å². The van der Waals surface area contributed by atoms with Crippen molar-refractivity contribution >= 4 is 11.6 Å². The van der Waals surface area contributed by atoms with E-state index in [0.717, 1.165) is 19.3 Å². The van der Waals surface area contributed by atoms with Crippen molar-refractivity contribution in [1.82, 2.24) is 0 Å². The number of carbonyl (C=O) groups excluding carboxylic acids is 2. The van der Waals surface area contributed by atoms with E-state index >= 15 is 0 Å². The monoisotopic (exact) mass is 190 g/mol. The fourth-order valence-corrected chi connectivity index (χ4v) is 2.36. The predicted molar refractivity (Wildman–Crippen MR) is 53.7 cm³/mol. The minimum Gasteiger partial charge on any atom is -0.300 e. The van der Waals surface area contributed by atoms with E-state index in [-0.39, 0.29) is 22.9 Å². The van der Waals surface area contributed by atoms with E-state index in [2.05, 4.69) is 0 Å². The molecule has 0 aliphatic heterocycles. The molecule has 2 aliphatic rings. The molecule has 0 aromatic rings. The van der Waals surface area contributed by atoms with Gasteiger partial charge in [0, 0.05) is 11.3 Å². The quantitative estimate of drug-likeness (QED) is 0.634. The van der Waals surface area contributed by atoms with E-state index in [9.17, 15) is 9.59 Å². The van der Waals surface area contributed by atoms with Crippen LogP contribution in [0.3, 0.4) is 0 Å². The molecule has 1 fully saturated rings. The maximum Gasteiger partial charge on any atom is 0.178 e. The standard InChI is InChI=1S/C12H14O2/c1-9(13)10-2-5-12(8-10)6-3-11(14)4-7-12/h3-4,6-7,10H,2,5,8H2,1H3/t10-/m0/s1.